The minimum Gasteiger partial charge on any atom is -0.385 e. The lowest BCUT2D eigenvalue weighted by atomic mass is 9.99. The van der Waals surface area contributed by atoms with E-state index in [9.17, 15) is 4.79 Å². The van der Waals surface area contributed by atoms with Gasteiger partial charge in [0.2, 0.25) is 5.91 Å². The lowest BCUT2D eigenvalue weighted by Gasteiger charge is -2.30. The molecule has 0 spiro atoms. The molecule has 1 fully saturated rings. The van der Waals surface area contributed by atoms with Crippen LogP contribution in [-0.4, -0.2) is 50.7 Å². The van der Waals surface area contributed by atoms with Crippen molar-refractivity contribution >= 4 is 5.91 Å². The second-order valence-electron chi connectivity index (χ2n) is 4.91. The van der Waals surface area contributed by atoms with Crippen molar-refractivity contribution in [1.82, 2.24) is 10.2 Å². The van der Waals surface area contributed by atoms with Gasteiger partial charge in [-0.2, -0.15) is 0 Å². The van der Waals surface area contributed by atoms with E-state index in [1.807, 2.05) is 4.90 Å². The summed E-state index contributed by atoms with van der Waals surface area (Å²) in [5, 5.41) is 3.27. The highest BCUT2D eigenvalue weighted by atomic mass is 16.5. The average molecular weight is 242 g/mol. The zero-order valence-electron chi connectivity index (χ0n) is 11.2. The predicted molar refractivity (Wildman–Crippen MR) is 69.0 cm³/mol. The number of piperidine rings is 1. The number of rotatable bonds is 7. The van der Waals surface area contributed by atoms with Crippen LogP contribution in [0.4, 0.5) is 0 Å². The normalized spacial score (nSPS) is 17.4. The monoisotopic (exact) mass is 242 g/mol. The minimum absolute atomic E-state index is 0.302. The van der Waals surface area contributed by atoms with Crippen molar-refractivity contribution in [2.75, 3.05) is 39.9 Å². The van der Waals surface area contributed by atoms with Gasteiger partial charge in [0.05, 0.1) is 0 Å². The zero-order valence-corrected chi connectivity index (χ0v) is 11.2. The number of ether oxygens (including phenoxy) is 1. The first-order valence-electron chi connectivity index (χ1n) is 6.71. The van der Waals surface area contributed by atoms with Gasteiger partial charge in [0.25, 0.3) is 0 Å². The molecule has 17 heavy (non-hydrogen) atoms. The van der Waals surface area contributed by atoms with Gasteiger partial charge in [-0.3, -0.25) is 4.79 Å². The molecule has 1 aliphatic heterocycles. The Morgan fingerprint density at radius 2 is 2.06 bits per heavy atom. The van der Waals surface area contributed by atoms with Crippen LogP contribution in [0.2, 0.25) is 0 Å². The van der Waals surface area contributed by atoms with E-state index in [4.69, 9.17) is 4.74 Å². The van der Waals surface area contributed by atoms with Gasteiger partial charge in [-0.05, 0) is 31.7 Å². The Balaban J connectivity index is 2.01. The van der Waals surface area contributed by atoms with Crippen LogP contribution in [0.5, 0.6) is 0 Å². The number of carbonyl (C=O) groups excluding carboxylic acids is 1. The molecule has 0 saturated carbocycles. The van der Waals surface area contributed by atoms with Gasteiger partial charge in [0, 0.05) is 39.8 Å². The molecular formula is C13H26N2O2. The average Bonchev–Trinajstić information content (AvgIpc) is 2.34. The summed E-state index contributed by atoms with van der Waals surface area (Å²) in [5.74, 6) is 1.09. The first kappa shape index (κ1) is 14.5. The van der Waals surface area contributed by atoms with Crippen molar-refractivity contribution in [3.05, 3.63) is 0 Å². The quantitative estimate of drug-likeness (QED) is 0.683. The number of likely N-dealkylation sites (tertiary alicyclic amines) is 1. The van der Waals surface area contributed by atoms with Crippen LogP contribution in [-0.2, 0) is 9.53 Å². The summed E-state index contributed by atoms with van der Waals surface area (Å²) in [4.78, 5) is 13.9. The number of nitrogens with one attached hydrogen (secondary N) is 1. The van der Waals surface area contributed by atoms with Crippen molar-refractivity contribution < 1.29 is 9.53 Å². The molecule has 100 valence electrons. The van der Waals surface area contributed by atoms with Crippen LogP contribution >= 0.6 is 0 Å². The predicted octanol–water partition coefficient (Wildman–Crippen LogP) is 1.26. The molecule has 1 amide bonds. The zero-order chi connectivity index (χ0) is 12.5. The first-order valence-corrected chi connectivity index (χ1v) is 6.71. The molecule has 1 heterocycles. The number of hydrogen-bond acceptors (Lipinski definition) is 3. The third kappa shape index (κ3) is 6.03. The SMILES string of the molecule is COCCCNCCC(=O)N1CCC(C)CC1. The first-order chi connectivity index (χ1) is 8.24. The highest BCUT2D eigenvalue weighted by molar-refractivity contribution is 5.76. The second kappa shape index (κ2) is 8.48. The summed E-state index contributed by atoms with van der Waals surface area (Å²) in [6.07, 6.45) is 3.95. The molecule has 1 N–H and O–H groups in total. The molecule has 0 aromatic carbocycles. The Morgan fingerprint density at radius 1 is 1.35 bits per heavy atom. The smallest absolute Gasteiger partial charge is 0.223 e. The number of methoxy groups -OCH3 is 1. The van der Waals surface area contributed by atoms with Gasteiger partial charge in [-0.15, -0.1) is 0 Å². The van der Waals surface area contributed by atoms with Gasteiger partial charge in [0.15, 0.2) is 0 Å². The fraction of sp³-hybridized carbons (Fsp3) is 0.923. The van der Waals surface area contributed by atoms with Crippen LogP contribution < -0.4 is 5.32 Å². The molecule has 1 aliphatic rings. The van der Waals surface area contributed by atoms with E-state index in [0.717, 1.165) is 58.0 Å². The number of hydrogen-bond donors (Lipinski definition) is 1. The van der Waals surface area contributed by atoms with Crippen molar-refractivity contribution in [3.63, 3.8) is 0 Å². The maximum absolute atomic E-state index is 11.9. The van der Waals surface area contributed by atoms with E-state index in [1.165, 1.54) is 0 Å². The minimum atomic E-state index is 0.302. The van der Waals surface area contributed by atoms with E-state index in [-0.39, 0.29) is 0 Å². The summed E-state index contributed by atoms with van der Waals surface area (Å²) >= 11 is 0. The van der Waals surface area contributed by atoms with Crippen LogP contribution in [0, 0.1) is 5.92 Å². The van der Waals surface area contributed by atoms with E-state index < -0.39 is 0 Å². The van der Waals surface area contributed by atoms with Crippen molar-refractivity contribution in [2.24, 2.45) is 5.92 Å². The fourth-order valence-corrected chi connectivity index (χ4v) is 2.08. The maximum atomic E-state index is 11.9. The summed E-state index contributed by atoms with van der Waals surface area (Å²) in [6, 6.07) is 0. The van der Waals surface area contributed by atoms with E-state index >= 15 is 0 Å². The largest absolute Gasteiger partial charge is 0.385 e. The summed E-state index contributed by atoms with van der Waals surface area (Å²) in [7, 11) is 1.71. The van der Waals surface area contributed by atoms with Gasteiger partial charge in [-0.1, -0.05) is 6.92 Å². The Kier molecular flexibility index (Phi) is 7.21. The van der Waals surface area contributed by atoms with Gasteiger partial charge < -0.3 is 15.0 Å². The highest BCUT2D eigenvalue weighted by Crippen LogP contribution is 2.16. The molecule has 0 radical (unpaired) electrons. The molecule has 4 nitrogen and oxygen atoms in total. The molecule has 0 unspecified atom stereocenters. The highest BCUT2D eigenvalue weighted by Gasteiger charge is 2.19. The molecule has 4 heteroatoms. The number of carbonyl (C=O) groups is 1. The lowest BCUT2D eigenvalue weighted by Crippen LogP contribution is -2.39. The summed E-state index contributed by atoms with van der Waals surface area (Å²) in [6.45, 7) is 6.66. The van der Waals surface area contributed by atoms with Gasteiger partial charge >= 0.3 is 0 Å². The van der Waals surface area contributed by atoms with Gasteiger partial charge in [0.1, 0.15) is 0 Å². The van der Waals surface area contributed by atoms with Crippen LogP contribution in [0.3, 0.4) is 0 Å². The van der Waals surface area contributed by atoms with E-state index in [1.54, 1.807) is 7.11 Å². The Labute approximate surface area is 105 Å². The van der Waals surface area contributed by atoms with Gasteiger partial charge in [-0.25, -0.2) is 0 Å². The Morgan fingerprint density at radius 3 is 2.71 bits per heavy atom. The van der Waals surface area contributed by atoms with E-state index in [2.05, 4.69) is 12.2 Å². The van der Waals surface area contributed by atoms with Crippen molar-refractivity contribution in [2.45, 2.75) is 32.6 Å². The molecule has 0 bridgehead atoms. The Hall–Kier alpha value is -0.610. The summed E-state index contributed by atoms with van der Waals surface area (Å²) in [5.41, 5.74) is 0. The van der Waals surface area contributed by atoms with Crippen molar-refractivity contribution in [1.29, 1.82) is 0 Å². The standard InChI is InChI=1S/C13H26N2O2/c1-12-5-9-15(10-6-12)13(16)4-8-14-7-3-11-17-2/h12,14H,3-11H2,1-2H3. The van der Waals surface area contributed by atoms with E-state index in [0.29, 0.717) is 12.3 Å². The number of nitrogens with zero attached hydrogens (tertiary/aromatic N) is 1. The molecule has 0 aromatic rings. The third-order valence-electron chi connectivity index (χ3n) is 3.35. The fourth-order valence-electron chi connectivity index (χ4n) is 2.08. The molecule has 0 aromatic heterocycles. The second-order valence-corrected chi connectivity index (χ2v) is 4.91. The van der Waals surface area contributed by atoms with Crippen LogP contribution in [0.25, 0.3) is 0 Å². The maximum Gasteiger partial charge on any atom is 0.223 e. The topological polar surface area (TPSA) is 41.6 Å². The molecule has 1 saturated heterocycles. The molecule has 1 rings (SSSR count). The number of amides is 1. The molecule has 0 aliphatic carbocycles. The van der Waals surface area contributed by atoms with Crippen LogP contribution in [0.1, 0.15) is 32.6 Å². The molecular weight excluding hydrogens is 216 g/mol. The Bertz CT molecular complexity index is 213. The third-order valence-corrected chi connectivity index (χ3v) is 3.35. The lowest BCUT2D eigenvalue weighted by molar-refractivity contribution is -0.132. The van der Waals surface area contributed by atoms with Crippen molar-refractivity contribution in [3.8, 4) is 0 Å². The van der Waals surface area contributed by atoms with Crippen LogP contribution in [0.15, 0.2) is 0 Å². The summed E-state index contributed by atoms with van der Waals surface area (Å²) < 4.78 is 4.96. The molecule has 0 atom stereocenters.